The fourth-order valence-corrected chi connectivity index (χ4v) is 7.00. The first-order valence-corrected chi connectivity index (χ1v) is 17.0. The van der Waals surface area contributed by atoms with Gasteiger partial charge in [-0.25, -0.2) is 9.48 Å². The van der Waals surface area contributed by atoms with Crippen LogP contribution in [0.5, 0.6) is 0 Å². The first kappa shape index (κ1) is 33.0. The molecule has 248 valence electrons. The van der Waals surface area contributed by atoms with E-state index in [2.05, 4.69) is 46.7 Å². The maximum atomic E-state index is 13.2. The number of hydrogen-bond donors (Lipinski definition) is 0. The molecule has 7 aromatic rings. The van der Waals surface area contributed by atoms with Crippen molar-refractivity contribution in [2.45, 2.75) is 32.0 Å². The zero-order valence-electron chi connectivity index (χ0n) is 27.2. The summed E-state index contributed by atoms with van der Waals surface area (Å²) in [5.41, 5.74) is 4.55. The molecule has 0 fully saturated rings. The largest absolute Gasteiger partial charge is 0.332 e. The fourth-order valence-electron chi connectivity index (χ4n) is 6.59. The molecular weight excluding hydrogens is 667 g/mol. The highest BCUT2D eigenvalue weighted by atomic mass is 35.5. The second kappa shape index (κ2) is 14.1. The molecule has 10 heteroatoms. The average Bonchev–Trinajstić information content (AvgIpc) is 3.66. The Labute approximate surface area is 298 Å². The van der Waals surface area contributed by atoms with E-state index in [1.165, 1.54) is 4.57 Å². The molecule has 0 amide bonds. The molecule has 0 aliphatic heterocycles. The van der Waals surface area contributed by atoms with Crippen LogP contribution >= 0.6 is 23.2 Å². The molecule has 0 unspecified atom stereocenters. The lowest BCUT2D eigenvalue weighted by atomic mass is 9.77. The number of tetrazole rings is 1. The smallest absolute Gasteiger partial charge is 0.278 e. The standard InChI is InChI=1S/C40H32Cl2N6O2/c1-2-26-46-38(49)35(41)36(42)47(39(46)50)27-28-22-24-29(25-23-28)33-20-12-13-21-34(33)37-43-44-45-48(37)40(30-14-6-3-7-15-30,31-16-8-4-9-17-31)32-18-10-5-11-19-32/h3-25H,2,26-27H2,1H3. The summed E-state index contributed by atoms with van der Waals surface area (Å²) in [5, 5.41) is 13.4. The van der Waals surface area contributed by atoms with Crippen LogP contribution in [0.15, 0.2) is 149 Å². The Kier molecular flexibility index (Phi) is 9.30. The van der Waals surface area contributed by atoms with Gasteiger partial charge in [-0.2, -0.15) is 0 Å². The third-order valence-electron chi connectivity index (χ3n) is 8.90. The van der Waals surface area contributed by atoms with Crippen molar-refractivity contribution >= 4 is 23.2 Å². The van der Waals surface area contributed by atoms with Crippen molar-refractivity contribution in [1.29, 1.82) is 0 Å². The Morgan fingerprint density at radius 3 is 1.70 bits per heavy atom. The zero-order chi connectivity index (χ0) is 34.7. The van der Waals surface area contributed by atoms with Gasteiger partial charge in [0.2, 0.25) is 0 Å². The van der Waals surface area contributed by atoms with Gasteiger partial charge >= 0.3 is 5.69 Å². The topological polar surface area (TPSA) is 87.6 Å². The Hall–Kier alpha value is -5.57. The molecule has 0 bridgehead atoms. The van der Waals surface area contributed by atoms with Gasteiger partial charge in [-0.15, -0.1) is 5.10 Å². The first-order valence-electron chi connectivity index (χ1n) is 16.3. The number of aromatic nitrogens is 6. The molecule has 0 atom stereocenters. The van der Waals surface area contributed by atoms with Crippen LogP contribution in [0.25, 0.3) is 22.5 Å². The van der Waals surface area contributed by atoms with Crippen LogP contribution in [0.1, 0.15) is 35.6 Å². The summed E-state index contributed by atoms with van der Waals surface area (Å²) in [6, 6.07) is 46.7. The molecule has 0 spiro atoms. The number of nitrogens with zero attached hydrogens (tertiary/aromatic N) is 6. The van der Waals surface area contributed by atoms with Crippen molar-refractivity contribution < 1.29 is 0 Å². The van der Waals surface area contributed by atoms with Crippen LogP contribution in [0.4, 0.5) is 0 Å². The van der Waals surface area contributed by atoms with E-state index in [9.17, 15) is 9.59 Å². The van der Waals surface area contributed by atoms with Crippen molar-refractivity contribution in [2.75, 3.05) is 0 Å². The highest BCUT2D eigenvalue weighted by Crippen LogP contribution is 2.43. The Balaban J connectivity index is 1.35. The lowest BCUT2D eigenvalue weighted by Crippen LogP contribution is -2.40. The highest BCUT2D eigenvalue weighted by molar-refractivity contribution is 6.41. The van der Waals surface area contributed by atoms with Crippen LogP contribution < -0.4 is 11.2 Å². The number of halogens is 2. The van der Waals surface area contributed by atoms with E-state index in [1.54, 1.807) is 0 Å². The van der Waals surface area contributed by atoms with Gasteiger partial charge in [-0.05, 0) is 50.2 Å². The lowest BCUT2D eigenvalue weighted by molar-refractivity contribution is 0.451. The second-order valence-electron chi connectivity index (χ2n) is 11.9. The molecule has 0 saturated heterocycles. The molecule has 0 radical (unpaired) electrons. The minimum atomic E-state index is -0.901. The third-order valence-corrected chi connectivity index (χ3v) is 9.73. The van der Waals surface area contributed by atoms with Crippen LogP contribution in [0, 0.1) is 0 Å². The normalized spacial score (nSPS) is 11.5. The molecule has 2 aromatic heterocycles. The summed E-state index contributed by atoms with van der Waals surface area (Å²) in [6.45, 7) is 2.29. The predicted octanol–water partition coefficient (Wildman–Crippen LogP) is 7.94. The van der Waals surface area contributed by atoms with Crippen LogP contribution in [-0.4, -0.2) is 29.3 Å². The van der Waals surface area contributed by atoms with E-state index in [-0.39, 0.29) is 23.3 Å². The monoisotopic (exact) mass is 698 g/mol. The van der Waals surface area contributed by atoms with E-state index in [0.29, 0.717) is 12.2 Å². The van der Waals surface area contributed by atoms with Crippen LogP contribution in [0.3, 0.4) is 0 Å². The summed E-state index contributed by atoms with van der Waals surface area (Å²) in [4.78, 5) is 25.8. The minimum absolute atomic E-state index is 0.0750. The number of hydrogen-bond acceptors (Lipinski definition) is 5. The summed E-state index contributed by atoms with van der Waals surface area (Å²) >= 11 is 12.7. The van der Waals surface area contributed by atoms with E-state index >= 15 is 0 Å². The quantitative estimate of drug-likeness (QED) is 0.107. The predicted molar refractivity (Wildman–Crippen MR) is 198 cm³/mol. The SMILES string of the molecule is CCCn1c(=O)c(Cl)c(Cl)n(Cc2ccc(-c3ccccc3-c3nnnn3C(c3ccccc3)(c3ccccc3)c3ccccc3)cc2)c1=O. The molecule has 0 aliphatic carbocycles. The average molecular weight is 700 g/mol. The summed E-state index contributed by atoms with van der Waals surface area (Å²) in [6.07, 6.45) is 0.605. The maximum Gasteiger partial charge on any atom is 0.332 e. The molecule has 50 heavy (non-hydrogen) atoms. The van der Waals surface area contributed by atoms with Gasteiger partial charge in [0, 0.05) is 12.1 Å². The fraction of sp³-hybridized carbons (Fsp3) is 0.125. The van der Waals surface area contributed by atoms with Gasteiger partial charge < -0.3 is 0 Å². The molecule has 7 rings (SSSR count). The number of rotatable bonds is 10. The number of benzene rings is 5. The summed E-state index contributed by atoms with van der Waals surface area (Å²) < 4.78 is 4.38. The van der Waals surface area contributed by atoms with Crippen LogP contribution in [-0.2, 0) is 18.6 Å². The van der Waals surface area contributed by atoms with Gasteiger partial charge in [-0.1, -0.05) is 170 Å². The molecule has 2 heterocycles. The van der Waals surface area contributed by atoms with E-state index in [4.69, 9.17) is 28.4 Å². The van der Waals surface area contributed by atoms with Crippen molar-refractivity contribution in [3.8, 4) is 22.5 Å². The van der Waals surface area contributed by atoms with E-state index in [1.807, 2.05) is 115 Å². The van der Waals surface area contributed by atoms with Gasteiger partial charge in [0.1, 0.15) is 15.7 Å². The molecule has 8 nitrogen and oxygen atoms in total. The van der Waals surface area contributed by atoms with E-state index in [0.717, 1.165) is 43.5 Å². The van der Waals surface area contributed by atoms with Crippen molar-refractivity contribution in [2.24, 2.45) is 0 Å². The summed E-state index contributed by atoms with van der Waals surface area (Å²) in [5.74, 6) is 0.590. The van der Waals surface area contributed by atoms with Crippen LogP contribution in [0.2, 0.25) is 10.2 Å². The Bertz CT molecular complexity index is 2280. The molecule has 0 saturated carbocycles. The van der Waals surface area contributed by atoms with Crippen molar-refractivity contribution in [1.82, 2.24) is 29.3 Å². The van der Waals surface area contributed by atoms with Gasteiger partial charge in [0.05, 0.1) is 6.54 Å². The Morgan fingerprint density at radius 2 is 1.16 bits per heavy atom. The second-order valence-corrected chi connectivity index (χ2v) is 12.6. The van der Waals surface area contributed by atoms with Crippen molar-refractivity contribution in [3.05, 3.63) is 193 Å². The van der Waals surface area contributed by atoms with Gasteiger partial charge in [-0.3, -0.25) is 13.9 Å². The molecule has 5 aromatic carbocycles. The summed E-state index contributed by atoms with van der Waals surface area (Å²) in [7, 11) is 0. The maximum absolute atomic E-state index is 13.2. The highest BCUT2D eigenvalue weighted by Gasteiger charge is 2.42. The zero-order valence-corrected chi connectivity index (χ0v) is 28.7. The Morgan fingerprint density at radius 1 is 0.640 bits per heavy atom. The third kappa shape index (κ3) is 5.76. The molecule has 0 aliphatic rings. The molecule has 0 N–H and O–H groups in total. The first-order chi connectivity index (χ1) is 24.4. The van der Waals surface area contributed by atoms with Crippen molar-refractivity contribution in [3.63, 3.8) is 0 Å². The van der Waals surface area contributed by atoms with Gasteiger partial charge in [0.15, 0.2) is 5.82 Å². The van der Waals surface area contributed by atoms with E-state index < -0.39 is 16.8 Å². The minimum Gasteiger partial charge on any atom is -0.278 e. The van der Waals surface area contributed by atoms with Gasteiger partial charge in [0.25, 0.3) is 5.56 Å². The molecular formula is C40H32Cl2N6O2. The lowest BCUT2D eigenvalue weighted by Gasteiger charge is -2.36.